The van der Waals surface area contributed by atoms with Gasteiger partial charge >= 0.3 is 0 Å². The van der Waals surface area contributed by atoms with Gasteiger partial charge in [0.1, 0.15) is 0 Å². The molecule has 0 bridgehead atoms. The van der Waals surface area contributed by atoms with Crippen LogP contribution in [0, 0.1) is 0 Å². The Morgan fingerprint density at radius 1 is 1.47 bits per heavy atom. The molecule has 0 fully saturated rings. The molecule has 2 N–H and O–H groups in total. The Hall–Kier alpha value is -0.510. The molecule has 1 aliphatic carbocycles. The molecule has 17 heavy (non-hydrogen) atoms. The van der Waals surface area contributed by atoms with Crippen molar-refractivity contribution in [3.05, 3.63) is 35.4 Å². The minimum atomic E-state index is 0.235. The van der Waals surface area contributed by atoms with Crippen molar-refractivity contribution in [1.29, 1.82) is 0 Å². The van der Waals surface area contributed by atoms with Crippen LogP contribution in [0.2, 0.25) is 0 Å². The van der Waals surface area contributed by atoms with Gasteiger partial charge in [0.2, 0.25) is 0 Å². The van der Waals surface area contributed by atoms with Gasteiger partial charge in [0, 0.05) is 12.1 Å². The van der Waals surface area contributed by atoms with Gasteiger partial charge in [-0.1, -0.05) is 24.3 Å². The average molecular weight is 251 g/mol. The van der Waals surface area contributed by atoms with Gasteiger partial charge in [-0.05, 0) is 42.4 Å². The highest BCUT2D eigenvalue weighted by molar-refractivity contribution is 7.98. The molecule has 0 aromatic heterocycles. The Balaban J connectivity index is 1.95. The number of aliphatic hydroxyl groups is 1. The van der Waals surface area contributed by atoms with Gasteiger partial charge in [-0.3, -0.25) is 0 Å². The molecule has 1 aliphatic rings. The van der Waals surface area contributed by atoms with Crippen LogP contribution >= 0.6 is 11.8 Å². The Morgan fingerprint density at radius 3 is 3.06 bits per heavy atom. The van der Waals surface area contributed by atoms with Gasteiger partial charge in [0.05, 0.1) is 6.61 Å². The first-order chi connectivity index (χ1) is 8.35. The van der Waals surface area contributed by atoms with Gasteiger partial charge in [0.15, 0.2) is 0 Å². The van der Waals surface area contributed by atoms with Crippen molar-refractivity contribution in [3.63, 3.8) is 0 Å². The fourth-order valence-electron chi connectivity index (χ4n) is 2.50. The lowest BCUT2D eigenvalue weighted by Crippen LogP contribution is -2.35. The van der Waals surface area contributed by atoms with Gasteiger partial charge < -0.3 is 10.4 Å². The van der Waals surface area contributed by atoms with Gasteiger partial charge in [0.25, 0.3) is 0 Å². The summed E-state index contributed by atoms with van der Waals surface area (Å²) in [5.41, 5.74) is 2.89. The number of aryl methyl sites for hydroxylation is 1. The van der Waals surface area contributed by atoms with Crippen molar-refractivity contribution >= 4 is 11.8 Å². The summed E-state index contributed by atoms with van der Waals surface area (Å²) in [5.74, 6) is 1.10. The maximum absolute atomic E-state index is 9.39. The third-order valence-corrected chi connectivity index (χ3v) is 4.10. The number of fused-ring (bicyclic) bond motifs is 1. The van der Waals surface area contributed by atoms with Crippen LogP contribution in [0.5, 0.6) is 0 Å². The number of hydrogen-bond acceptors (Lipinski definition) is 3. The quantitative estimate of drug-likeness (QED) is 0.814. The standard InChI is InChI=1S/C14H21NOS/c1-17-9-8-12(10-16)15-14-7-6-11-4-2-3-5-13(11)14/h2-5,12,14-16H,6-10H2,1H3. The highest BCUT2D eigenvalue weighted by Crippen LogP contribution is 2.31. The number of aliphatic hydroxyl groups excluding tert-OH is 1. The summed E-state index contributed by atoms with van der Waals surface area (Å²) < 4.78 is 0. The smallest absolute Gasteiger partial charge is 0.0585 e. The third kappa shape index (κ3) is 3.24. The zero-order chi connectivity index (χ0) is 12.1. The predicted molar refractivity (Wildman–Crippen MR) is 74.5 cm³/mol. The molecule has 2 nitrogen and oxygen atoms in total. The van der Waals surface area contributed by atoms with Gasteiger partial charge in [-0.2, -0.15) is 11.8 Å². The molecule has 1 aromatic carbocycles. The van der Waals surface area contributed by atoms with Crippen molar-refractivity contribution in [3.8, 4) is 0 Å². The van der Waals surface area contributed by atoms with Crippen molar-refractivity contribution in [1.82, 2.24) is 5.32 Å². The number of rotatable bonds is 6. The highest BCUT2D eigenvalue weighted by Gasteiger charge is 2.23. The number of benzene rings is 1. The Kier molecular flexibility index (Phi) is 4.89. The normalized spacial score (nSPS) is 20.2. The van der Waals surface area contributed by atoms with Crippen LogP contribution in [0.4, 0.5) is 0 Å². The van der Waals surface area contributed by atoms with Gasteiger partial charge in [-0.25, -0.2) is 0 Å². The van der Waals surface area contributed by atoms with Crippen LogP contribution in [0.1, 0.15) is 30.0 Å². The maximum Gasteiger partial charge on any atom is 0.0585 e. The topological polar surface area (TPSA) is 32.3 Å². The Morgan fingerprint density at radius 2 is 2.29 bits per heavy atom. The van der Waals surface area contributed by atoms with Crippen molar-refractivity contribution in [2.24, 2.45) is 0 Å². The summed E-state index contributed by atoms with van der Waals surface area (Å²) in [4.78, 5) is 0. The largest absolute Gasteiger partial charge is 0.395 e. The summed E-state index contributed by atoms with van der Waals surface area (Å²) in [7, 11) is 0. The van der Waals surface area contributed by atoms with E-state index in [4.69, 9.17) is 0 Å². The minimum absolute atomic E-state index is 0.235. The van der Waals surface area contributed by atoms with E-state index in [-0.39, 0.29) is 12.6 Å². The first-order valence-corrected chi connectivity index (χ1v) is 7.68. The molecular formula is C14H21NOS. The van der Waals surface area contributed by atoms with Crippen LogP contribution in [0.25, 0.3) is 0 Å². The summed E-state index contributed by atoms with van der Waals surface area (Å²) in [6.07, 6.45) is 5.47. The minimum Gasteiger partial charge on any atom is -0.395 e. The van der Waals surface area contributed by atoms with Crippen molar-refractivity contribution < 1.29 is 5.11 Å². The fourth-order valence-corrected chi connectivity index (χ4v) is 3.02. The van der Waals surface area contributed by atoms with Crippen molar-refractivity contribution in [2.75, 3.05) is 18.6 Å². The van der Waals surface area contributed by atoms with E-state index < -0.39 is 0 Å². The molecule has 2 rings (SSSR count). The van der Waals surface area contributed by atoms with Crippen LogP contribution in [0.15, 0.2) is 24.3 Å². The molecule has 0 amide bonds. The molecular weight excluding hydrogens is 230 g/mol. The van der Waals surface area contributed by atoms with E-state index >= 15 is 0 Å². The Bertz CT molecular complexity index is 356. The zero-order valence-electron chi connectivity index (χ0n) is 10.4. The highest BCUT2D eigenvalue weighted by atomic mass is 32.2. The monoisotopic (exact) mass is 251 g/mol. The van der Waals surface area contributed by atoms with Crippen LogP contribution in [0.3, 0.4) is 0 Å². The molecule has 0 radical (unpaired) electrons. The molecule has 3 heteroatoms. The second-order valence-corrected chi connectivity index (χ2v) is 5.60. The fraction of sp³-hybridized carbons (Fsp3) is 0.571. The summed E-state index contributed by atoms with van der Waals surface area (Å²) in [5, 5.41) is 13.0. The summed E-state index contributed by atoms with van der Waals surface area (Å²) >= 11 is 1.84. The molecule has 2 unspecified atom stereocenters. The molecule has 94 valence electrons. The van der Waals surface area contributed by atoms with Gasteiger partial charge in [-0.15, -0.1) is 0 Å². The lowest BCUT2D eigenvalue weighted by atomic mass is 10.1. The molecule has 0 aliphatic heterocycles. The second kappa shape index (κ2) is 6.43. The van der Waals surface area contributed by atoms with E-state index in [1.54, 1.807) is 0 Å². The van der Waals surface area contributed by atoms with E-state index in [1.165, 1.54) is 11.1 Å². The first-order valence-electron chi connectivity index (χ1n) is 6.28. The number of thioether (sulfide) groups is 1. The lowest BCUT2D eigenvalue weighted by molar-refractivity contribution is 0.228. The van der Waals surface area contributed by atoms with E-state index in [9.17, 15) is 5.11 Å². The maximum atomic E-state index is 9.39. The SMILES string of the molecule is CSCCC(CO)NC1CCc2ccccc21. The average Bonchev–Trinajstić information content (AvgIpc) is 2.78. The van der Waals surface area contributed by atoms with Crippen LogP contribution in [-0.2, 0) is 6.42 Å². The third-order valence-electron chi connectivity index (χ3n) is 3.46. The summed E-state index contributed by atoms with van der Waals surface area (Å²) in [6, 6.07) is 9.31. The molecule has 0 spiro atoms. The first kappa shape index (κ1) is 12.9. The second-order valence-electron chi connectivity index (χ2n) is 4.62. The summed E-state index contributed by atoms with van der Waals surface area (Å²) in [6.45, 7) is 0.235. The number of nitrogens with one attached hydrogen (secondary N) is 1. The van der Waals surface area contributed by atoms with Crippen LogP contribution in [-0.4, -0.2) is 29.8 Å². The van der Waals surface area contributed by atoms with E-state index in [1.807, 2.05) is 11.8 Å². The predicted octanol–water partition coefficient (Wildman–Crippen LogP) is 2.38. The molecule has 1 aromatic rings. The van der Waals surface area contributed by atoms with Crippen molar-refractivity contribution in [2.45, 2.75) is 31.3 Å². The molecule has 2 atom stereocenters. The Labute approximate surface area is 108 Å². The molecule has 0 heterocycles. The van der Waals surface area contributed by atoms with E-state index in [0.717, 1.165) is 25.0 Å². The van der Waals surface area contributed by atoms with E-state index in [2.05, 4.69) is 35.8 Å². The zero-order valence-corrected chi connectivity index (χ0v) is 11.2. The van der Waals surface area contributed by atoms with E-state index in [0.29, 0.717) is 6.04 Å². The van der Waals surface area contributed by atoms with Crippen LogP contribution < -0.4 is 5.32 Å². The molecule has 0 saturated carbocycles. The number of hydrogen-bond donors (Lipinski definition) is 2. The molecule has 0 saturated heterocycles. The lowest BCUT2D eigenvalue weighted by Gasteiger charge is -2.21.